The number of hydrogen-bond donors (Lipinski definition) is 0. The molecule has 0 fully saturated rings. The summed E-state index contributed by atoms with van der Waals surface area (Å²) >= 11 is 0. The van der Waals surface area contributed by atoms with Crippen LogP contribution in [0.4, 0.5) is 0 Å². The van der Waals surface area contributed by atoms with Gasteiger partial charge >= 0.3 is 11.9 Å². The average molecular weight is 581 g/mol. The second kappa shape index (κ2) is 14.0. The maximum absolute atomic E-state index is 13.3. The van der Waals surface area contributed by atoms with Crippen molar-refractivity contribution in [2.75, 3.05) is 13.7 Å². The molecule has 0 heterocycles. The second-order valence-electron chi connectivity index (χ2n) is 13.1. The highest BCUT2D eigenvalue weighted by Crippen LogP contribution is 2.50. The average Bonchev–Trinajstić information content (AvgIpc) is 2.89. The van der Waals surface area contributed by atoms with E-state index in [9.17, 15) is 14.4 Å². The van der Waals surface area contributed by atoms with E-state index in [-0.39, 0.29) is 23.6 Å². The molecular formula is C35H48O7. The van der Waals surface area contributed by atoms with Gasteiger partial charge in [0.1, 0.15) is 23.0 Å². The van der Waals surface area contributed by atoms with Gasteiger partial charge in [-0.15, -0.1) is 0 Å². The third-order valence-corrected chi connectivity index (χ3v) is 6.45. The molecule has 0 unspecified atom stereocenters. The Hall–Kier alpha value is -3.61. The zero-order valence-electron chi connectivity index (χ0n) is 27.4. The van der Waals surface area contributed by atoms with Crippen LogP contribution < -0.4 is 18.9 Å². The molecule has 2 aromatic carbocycles. The second-order valence-corrected chi connectivity index (χ2v) is 13.1. The summed E-state index contributed by atoms with van der Waals surface area (Å²) in [5, 5.41) is 0. The molecule has 0 bridgehead atoms. The van der Waals surface area contributed by atoms with E-state index < -0.39 is 16.8 Å². The molecule has 7 heteroatoms. The van der Waals surface area contributed by atoms with Crippen molar-refractivity contribution >= 4 is 23.8 Å². The van der Waals surface area contributed by atoms with Crippen molar-refractivity contribution in [2.24, 2.45) is 10.8 Å². The van der Waals surface area contributed by atoms with Crippen LogP contribution in [0.25, 0.3) is 6.08 Å². The minimum atomic E-state index is -0.766. The van der Waals surface area contributed by atoms with Gasteiger partial charge < -0.3 is 18.9 Å². The lowest BCUT2D eigenvalue weighted by molar-refractivity contribution is -0.143. The van der Waals surface area contributed by atoms with Gasteiger partial charge in [-0.1, -0.05) is 34.6 Å². The zero-order valence-corrected chi connectivity index (χ0v) is 27.4. The van der Waals surface area contributed by atoms with Crippen LogP contribution in [0.15, 0.2) is 30.3 Å². The van der Waals surface area contributed by atoms with Crippen molar-refractivity contribution in [1.82, 2.24) is 0 Å². The van der Waals surface area contributed by atoms with E-state index in [0.29, 0.717) is 40.7 Å². The molecule has 0 aliphatic carbocycles. The molecule has 0 amide bonds. The summed E-state index contributed by atoms with van der Waals surface area (Å²) < 4.78 is 23.8. The van der Waals surface area contributed by atoms with Gasteiger partial charge in [-0.3, -0.25) is 14.4 Å². The number of benzene rings is 2. The Labute approximate surface area is 251 Å². The Bertz CT molecular complexity index is 1300. The molecule has 0 atom stereocenters. The molecule has 0 saturated heterocycles. The summed E-state index contributed by atoms with van der Waals surface area (Å²) in [4.78, 5) is 38.8. The van der Waals surface area contributed by atoms with Crippen molar-refractivity contribution in [2.45, 2.75) is 94.4 Å². The first-order valence-corrected chi connectivity index (χ1v) is 14.6. The molecule has 0 aliphatic heterocycles. The molecule has 0 aromatic heterocycles. The Kier molecular flexibility index (Phi) is 11.6. The van der Waals surface area contributed by atoms with Gasteiger partial charge in [-0.2, -0.15) is 0 Å². The predicted octanol–water partition coefficient (Wildman–Crippen LogP) is 8.53. The molecule has 0 saturated carbocycles. The lowest BCUT2D eigenvalue weighted by Gasteiger charge is -2.28. The van der Waals surface area contributed by atoms with Crippen molar-refractivity contribution in [3.63, 3.8) is 0 Å². The summed E-state index contributed by atoms with van der Waals surface area (Å²) in [6.07, 6.45) is 3.86. The predicted molar refractivity (Wildman–Crippen MR) is 167 cm³/mol. The molecule has 2 aromatic rings. The van der Waals surface area contributed by atoms with E-state index in [1.165, 1.54) is 6.08 Å². The first kappa shape index (κ1) is 34.6. The maximum Gasteiger partial charge on any atom is 0.316 e. The van der Waals surface area contributed by atoms with Gasteiger partial charge in [0.15, 0.2) is 5.78 Å². The largest absolute Gasteiger partial charge is 0.496 e. The normalized spacial score (nSPS) is 12.1. The number of rotatable bonds is 11. The van der Waals surface area contributed by atoms with Crippen LogP contribution in [0, 0.1) is 10.8 Å². The van der Waals surface area contributed by atoms with Gasteiger partial charge in [0, 0.05) is 16.7 Å². The maximum atomic E-state index is 13.3. The highest BCUT2D eigenvalue weighted by Gasteiger charge is 2.33. The van der Waals surface area contributed by atoms with Gasteiger partial charge in [-0.05, 0) is 96.2 Å². The number of methoxy groups -OCH3 is 1. The Morgan fingerprint density at radius 2 is 1.26 bits per heavy atom. The topological polar surface area (TPSA) is 88.1 Å². The fraction of sp³-hybridized carbons (Fsp3) is 0.514. The fourth-order valence-corrected chi connectivity index (χ4v) is 4.08. The number of carbonyl (C=O) groups excluding carboxylic acids is 3. The zero-order chi connectivity index (χ0) is 32.0. The number of hydrogen-bond acceptors (Lipinski definition) is 7. The number of esters is 2. The quantitative estimate of drug-likeness (QED) is 0.114. The summed E-state index contributed by atoms with van der Waals surface area (Å²) in [7, 11) is 1.60. The lowest BCUT2D eigenvalue weighted by atomic mass is 9.88. The number of ether oxygens (including phenoxy) is 4. The van der Waals surface area contributed by atoms with Crippen LogP contribution in [-0.2, 0) is 9.59 Å². The third-order valence-electron chi connectivity index (χ3n) is 6.45. The van der Waals surface area contributed by atoms with E-state index in [2.05, 4.69) is 0 Å². The molecule has 230 valence electrons. The van der Waals surface area contributed by atoms with Crippen molar-refractivity contribution < 1.29 is 33.3 Å². The summed E-state index contributed by atoms with van der Waals surface area (Å²) in [6, 6.07) is 6.41. The molecule has 0 N–H and O–H groups in total. The molecule has 42 heavy (non-hydrogen) atoms. The van der Waals surface area contributed by atoms with Crippen LogP contribution in [0.1, 0.15) is 121 Å². The molecule has 7 nitrogen and oxygen atoms in total. The van der Waals surface area contributed by atoms with Crippen LogP contribution in [-0.4, -0.2) is 31.4 Å². The van der Waals surface area contributed by atoms with Crippen molar-refractivity contribution in [3.8, 4) is 23.0 Å². The fourth-order valence-electron chi connectivity index (χ4n) is 4.08. The van der Waals surface area contributed by atoms with E-state index >= 15 is 0 Å². The standard InChI is InChI=1S/C35H48O7/c1-13-20-40-29-25(18-19-26(36)23-14-16-24(17-15-23)41-32(37)34(6,7)8)30(42-33(38)35(9,10)11)28(22(4)5)31(39-12)27(29)21(2)3/h14-19,21-22H,13,20H2,1-12H3. The van der Waals surface area contributed by atoms with Gasteiger partial charge in [0.2, 0.25) is 0 Å². The van der Waals surface area contributed by atoms with Crippen LogP contribution >= 0.6 is 0 Å². The highest BCUT2D eigenvalue weighted by molar-refractivity contribution is 6.07. The first-order chi connectivity index (χ1) is 19.4. The Morgan fingerprint density at radius 3 is 1.71 bits per heavy atom. The minimum absolute atomic E-state index is 0.0166. The molecule has 0 spiro atoms. The number of carbonyl (C=O) groups is 3. The molecule has 0 aliphatic rings. The SMILES string of the molecule is CCCOc1c(C=CC(=O)c2ccc(OC(=O)C(C)(C)C)cc2)c(OC(=O)C(C)(C)C)c(C(C)C)c(OC)c1C(C)C. The third kappa shape index (κ3) is 8.46. The molecule has 0 radical (unpaired) electrons. The van der Waals surface area contributed by atoms with Crippen LogP contribution in [0.2, 0.25) is 0 Å². The molecular weight excluding hydrogens is 532 g/mol. The van der Waals surface area contributed by atoms with E-state index in [0.717, 1.165) is 17.5 Å². The highest BCUT2D eigenvalue weighted by atomic mass is 16.5. The van der Waals surface area contributed by atoms with Gasteiger partial charge in [0.25, 0.3) is 0 Å². The van der Waals surface area contributed by atoms with Crippen LogP contribution in [0.3, 0.4) is 0 Å². The molecule has 2 rings (SSSR count). The summed E-state index contributed by atoms with van der Waals surface area (Å²) in [5.74, 6) is 0.739. The van der Waals surface area contributed by atoms with E-state index in [1.807, 2.05) is 34.6 Å². The lowest BCUT2D eigenvalue weighted by Crippen LogP contribution is -2.27. The van der Waals surface area contributed by atoms with E-state index in [4.69, 9.17) is 18.9 Å². The summed E-state index contributed by atoms with van der Waals surface area (Å²) in [5.41, 5.74) is 1.09. The minimum Gasteiger partial charge on any atom is -0.496 e. The van der Waals surface area contributed by atoms with Crippen molar-refractivity contribution in [3.05, 3.63) is 52.6 Å². The summed E-state index contributed by atoms with van der Waals surface area (Å²) in [6.45, 7) is 21.3. The van der Waals surface area contributed by atoms with Crippen LogP contribution in [0.5, 0.6) is 23.0 Å². The number of allylic oxidation sites excluding steroid dienone is 1. The van der Waals surface area contributed by atoms with Gasteiger partial charge in [0.05, 0.1) is 30.1 Å². The smallest absolute Gasteiger partial charge is 0.316 e. The monoisotopic (exact) mass is 580 g/mol. The first-order valence-electron chi connectivity index (χ1n) is 14.6. The Balaban J connectivity index is 2.73. The number of ketones is 1. The van der Waals surface area contributed by atoms with Gasteiger partial charge in [-0.25, -0.2) is 0 Å². The van der Waals surface area contributed by atoms with Crippen molar-refractivity contribution in [1.29, 1.82) is 0 Å². The van der Waals surface area contributed by atoms with E-state index in [1.54, 1.807) is 79.0 Å². The Morgan fingerprint density at radius 1 is 0.762 bits per heavy atom.